The molecule has 0 unspecified atom stereocenters. The zero-order chi connectivity index (χ0) is 23.5. The van der Waals surface area contributed by atoms with Crippen LogP contribution in [0.2, 0.25) is 0 Å². The van der Waals surface area contributed by atoms with Crippen molar-refractivity contribution in [3.63, 3.8) is 0 Å². The highest BCUT2D eigenvalue weighted by Gasteiger charge is 2.23. The van der Waals surface area contributed by atoms with Gasteiger partial charge in [0.25, 0.3) is 5.91 Å². The standard InChI is InChI=1S/C25H24N8O/c26-12-16-4-1-7-19(10-16)25(34)29-13-17-5-2-6-18(11-17)22-21-23(27)30-15-31-24(21)33(32-22)20-8-3-9-28-14-20/h1-2,4-7,10-11,15,20,28H,3,8-9,13-14H2,(H,29,34)(H2,27,30,31)/t20-/m1/s1. The van der Waals surface area contributed by atoms with Gasteiger partial charge in [-0.25, -0.2) is 14.6 Å². The molecule has 1 fully saturated rings. The maximum Gasteiger partial charge on any atom is 0.251 e. The Bertz CT molecular complexity index is 1400. The molecule has 0 saturated carbocycles. The van der Waals surface area contributed by atoms with Crippen molar-refractivity contribution in [3.8, 4) is 17.3 Å². The van der Waals surface area contributed by atoms with Crippen LogP contribution in [0.15, 0.2) is 54.9 Å². The largest absolute Gasteiger partial charge is 0.383 e. The Labute approximate surface area is 196 Å². The van der Waals surface area contributed by atoms with Gasteiger partial charge in [-0.05, 0) is 49.2 Å². The summed E-state index contributed by atoms with van der Waals surface area (Å²) < 4.78 is 1.96. The molecule has 1 saturated heterocycles. The topological polar surface area (TPSA) is 135 Å². The van der Waals surface area contributed by atoms with E-state index in [1.165, 1.54) is 6.33 Å². The minimum Gasteiger partial charge on any atom is -0.383 e. The molecule has 34 heavy (non-hydrogen) atoms. The third-order valence-electron chi connectivity index (χ3n) is 6.04. The lowest BCUT2D eigenvalue weighted by Crippen LogP contribution is -2.32. The van der Waals surface area contributed by atoms with E-state index in [9.17, 15) is 4.79 Å². The molecule has 2 aromatic heterocycles. The van der Waals surface area contributed by atoms with Gasteiger partial charge in [-0.15, -0.1) is 0 Å². The predicted octanol–water partition coefficient (Wildman–Crippen LogP) is 2.80. The second-order valence-corrected chi connectivity index (χ2v) is 8.33. The van der Waals surface area contributed by atoms with Crippen LogP contribution >= 0.6 is 0 Å². The van der Waals surface area contributed by atoms with Crippen molar-refractivity contribution < 1.29 is 4.79 Å². The summed E-state index contributed by atoms with van der Waals surface area (Å²) in [4.78, 5) is 21.3. The van der Waals surface area contributed by atoms with Crippen LogP contribution in [0.3, 0.4) is 0 Å². The Morgan fingerprint density at radius 3 is 2.94 bits per heavy atom. The fourth-order valence-electron chi connectivity index (χ4n) is 4.34. The first-order chi connectivity index (χ1) is 16.6. The number of nitrogens with two attached hydrogens (primary N) is 1. The number of benzene rings is 2. The first-order valence-corrected chi connectivity index (χ1v) is 11.2. The normalized spacial score (nSPS) is 15.7. The van der Waals surface area contributed by atoms with Crippen molar-refractivity contribution in [2.75, 3.05) is 18.8 Å². The molecule has 4 aromatic rings. The van der Waals surface area contributed by atoms with Crippen LogP contribution in [0, 0.1) is 11.3 Å². The van der Waals surface area contributed by atoms with Gasteiger partial charge in [0.15, 0.2) is 5.65 Å². The van der Waals surface area contributed by atoms with Crippen molar-refractivity contribution in [2.45, 2.75) is 25.4 Å². The Hall–Kier alpha value is -4.29. The van der Waals surface area contributed by atoms with Gasteiger partial charge in [-0.2, -0.15) is 10.4 Å². The number of fused-ring (bicyclic) bond motifs is 1. The lowest BCUT2D eigenvalue weighted by Gasteiger charge is -2.23. The van der Waals surface area contributed by atoms with Crippen LogP contribution in [-0.2, 0) is 6.54 Å². The van der Waals surface area contributed by atoms with Crippen molar-refractivity contribution in [2.24, 2.45) is 0 Å². The number of nitrogens with zero attached hydrogens (tertiary/aromatic N) is 5. The number of nitrogens with one attached hydrogen (secondary N) is 2. The zero-order valence-corrected chi connectivity index (χ0v) is 18.5. The summed E-state index contributed by atoms with van der Waals surface area (Å²) in [5.74, 6) is 0.158. The molecule has 9 heteroatoms. The predicted molar refractivity (Wildman–Crippen MR) is 129 cm³/mol. The quantitative estimate of drug-likeness (QED) is 0.424. The van der Waals surface area contributed by atoms with Gasteiger partial charge in [-0.1, -0.05) is 24.3 Å². The number of aromatic nitrogens is 4. The summed E-state index contributed by atoms with van der Waals surface area (Å²) in [7, 11) is 0. The van der Waals surface area contributed by atoms with Crippen LogP contribution in [0.25, 0.3) is 22.3 Å². The van der Waals surface area contributed by atoms with Crippen LogP contribution in [-0.4, -0.2) is 38.7 Å². The molecule has 0 aliphatic carbocycles. The van der Waals surface area contributed by atoms with Gasteiger partial charge in [0, 0.05) is 24.2 Å². The first-order valence-electron chi connectivity index (χ1n) is 11.2. The third kappa shape index (κ3) is 4.19. The van der Waals surface area contributed by atoms with E-state index in [0.717, 1.165) is 53.8 Å². The Morgan fingerprint density at radius 1 is 1.24 bits per heavy atom. The average molecular weight is 453 g/mol. The maximum absolute atomic E-state index is 12.6. The number of hydrogen-bond acceptors (Lipinski definition) is 7. The molecule has 5 rings (SSSR count). The van der Waals surface area contributed by atoms with Crippen molar-refractivity contribution in [3.05, 3.63) is 71.5 Å². The van der Waals surface area contributed by atoms with E-state index in [1.54, 1.807) is 24.3 Å². The van der Waals surface area contributed by atoms with E-state index >= 15 is 0 Å². The summed E-state index contributed by atoms with van der Waals surface area (Å²) in [5.41, 5.74) is 10.4. The Morgan fingerprint density at radius 2 is 2.12 bits per heavy atom. The Balaban J connectivity index is 1.43. The molecule has 170 valence electrons. The number of carbonyl (C=O) groups is 1. The van der Waals surface area contributed by atoms with Crippen molar-refractivity contribution in [1.82, 2.24) is 30.4 Å². The molecule has 0 bridgehead atoms. The summed E-state index contributed by atoms with van der Waals surface area (Å²) in [5, 5.41) is 21.1. The minimum atomic E-state index is -0.236. The van der Waals surface area contributed by atoms with Gasteiger partial charge < -0.3 is 16.4 Å². The highest BCUT2D eigenvalue weighted by atomic mass is 16.1. The molecule has 4 N–H and O–H groups in total. The molecule has 9 nitrogen and oxygen atoms in total. The lowest BCUT2D eigenvalue weighted by molar-refractivity contribution is 0.0951. The number of amides is 1. The molecular weight excluding hydrogens is 428 g/mol. The number of carbonyl (C=O) groups excluding carboxylic acids is 1. The van der Waals surface area contributed by atoms with Crippen LogP contribution in [0.5, 0.6) is 0 Å². The summed E-state index contributed by atoms with van der Waals surface area (Å²) in [6, 6.07) is 16.7. The molecule has 1 atom stereocenters. The minimum absolute atomic E-state index is 0.200. The second-order valence-electron chi connectivity index (χ2n) is 8.33. The van der Waals surface area contributed by atoms with E-state index in [1.807, 2.05) is 28.9 Å². The summed E-state index contributed by atoms with van der Waals surface area (Å²) in [6.07, 6.45) is 3.57. The first kappa shape index (κ1) is 21.6. The monoisotopic (exact) mass is 452 g/mol. The van der Waals surface area contributed by atoms with Gasteiger partial charge in [-0.3, -0.25) is 4.79 Å². The number of nitrogen functional groups attached to an aromatic ring is 1. The third-order valence-corrected chi connectivity index (χ3v) is 6.04. The maximum atomic E-state index is 12.6. The molecule has 0 radical (unpaired) electrons. The van der Waals surface area contributed by atoms with Crippen LogP contribution < -0.4 is 16.4 Å². The van der Waals surface area contributed by atoms with Gasteiger partial charge >= 0.3 is 0 Å². The van der Waals surface area contributed by atoms with E-state index < -0.39 is 0 Å². The van der Waals surface area contributed by atoms with Gasteiger partial charge in [0.2, 0.25) is 0 Å². The number of rotatable bonds is 5. The number of hydrogen-bond donors (Lipinski definition) is 3. The second kappa shape index (κ2) is 9.29. The van der Waals surface area contributed by atoms with Gasteiger partial charge in [0.05, 0.1) is 23.1 Å². The van der Waals surface area contributed by atoms with E-state index in [0.29, 0.717) is 23.5 Å². The number of nitriles is 1. The van der Waals surface area contributed by atoms with E-state index in [2.05, 4.69) is 26.7 Å². The SMILES string of the molecule is N#Cc1cccc(C(=O)NCc2cccc(-c3nn([C@@H]4CCCNC4)c4ncnc(N)c34)c2)c1. The highest BCUT2D eigenvalue weighted by Crippen LogP contribution is 2.33. The van der Waals surface area contributed by atoms with Crippen LogP contribution in [0.4, 0.5) is 5.82 Å². The fourth-order valence-corrected chi connectivity index (χ4v) is 4.34. The number of piperidine rings is 1. The van der Waals surface area contributed by atoms with Gasteiger partial charge in [0.1, 0.15) is 17.8 Å². The molecular formula is C25H24N8O. The van der Waals surface area contributed by atoms with E-state index in [-0.39, 0.29) is 11.9 Å². The Kier molecular flexibility index (Phi) is 5.89. The highest BCUT2D eigenvalue weighted by molar-refractivity contribution is 5.98. The van der Waals surface area contributed by atoms with Crippen molar-refractivity contribution in [1.29, 1.82) is 5.26 Å². The molecule has 1 aliphatic rings. The summed E-state index contributed by atoms with van der Waals surface area (Å²) in [6.45, 7) is 2.17. The molecule has 1 amide bonds. The number of anilines is 1. The van der Waals surface area contributed by atoms with E-state index in [4.69, 9.17) is 16.1 Å². The molecule has 1 aliphatic heterocycles. The summed E-state index contributed by atoms with van der Waals surface area (Å²) >= 11 is 0. The lowest BCUT2D eigenvalue weighted by atomic mass is 10.1. The smallest absolute Gasteiger partial charge is 0.251 e. The van der Waals surface area contributed by atoms with Crippen LogP contribution in [0.1, 0.15) is 40.4 Å². The molecule has 0 spiro atoms. The average Bonchev–Trinajstić information content (AvgIpc) is 3.29. The zero-order valence-electron chi connectivity index (χ0n) is 18.5. The van der Waals surface area contributed by atoms with Crippen molar-refractivity contribution >= 4 is 22.8 Å². The molecule has 2 aromatic carbocycles. The fraction of sp³-hybridized carbons (Fsp3) is 0.240. The molecule has 3 heterocycles.